The van der Waals surface area contributed by atoms with Crippen molar-refractivity contribution in [3.8, 4) is 0 Å². The highest BCUT2D eigenvalue weighted by molar-refractivity contribution is 9.10. The molecule has 0 unspecified atom stereocenters. The smallest absolute Gasteiger partial charge is 0.256 e. The van der Waals surface area contributed by atoms with Crippen molar-refractivity contribution in [3.05, 3.63) is 63.9 Å². The molecule has 0 bridgehead atoms. The Hall–Kier alpha value is -1.37. The van der Waals surface area contributed by atoms with E-state index in [9.17, 15) is 9.18 Å². The van der Waals surface area contributed by atoms with Gasteiger partial charge in [0.1, 0.15) is 5.82 Å². The SMILES string of the molecule is O=C(Nc1ccc(CCN2CCSCC2)cc1)c1ccc(F)cc1Br. The van der Waals surface area contributed by atoms with Gasteiger partial charge in [-0.15, -0.1) is 0 Å². The lowest BCUT2D eigenvalue weighted by atomic mass is 10.1. The number of hydrogen-bond donors (Lipinski definition) is 1. The van der Waals surface area contributed by atoms with Gasteiger partial charge in [0.15, 0.2) is 0 Å². The molecule has 1 aliphatic rings. The molecule has 1 saturated heterocycles. The Morgan fingerprint density at radius 2 is 1.88 bits per heavy atom. The molecular formula is C19H20BrFN2OS. The second-order valence-electron chi connectivity index (χ2n) is 5.98. The van der Waals surface area contributed by atoms with Crippen LogP contribution in [0.15, 0.2) is 46.9 Å². The van der Waals surface area contributed by atoms with Crippen LogP contribution in [-0.4, -0.2) is 41.9 Å². The Bertz CT molecular complexity index is 733. The van der Waals surface area contributed by atoms with Gasteiger partial charge in [-0.05, 0) is 58.2 Å². The number of carbonyl (C=O) groups excluding carboxylic acids is 1. The van der Waals surface area contributed by atoms with Crippen LogP contribution in [0.3, 0.4) is 0 Å². The van der Waals surface area contributed by atoms with E-state index in [2.05, 4.69) is 26.1 Å². The molecule has 1 fully saturated rings. The fraction of sp³-hybridized carbons (Fsp3) is 0.316. The van der Waals surface area contributed by atoms with Crippen molar-refractivity contribution in [2.24, 2.45) is 0 Å². The highest BCUT2D eigenvalue weighted by atomic mass is 79.9. The minimum Gasteiger partial charge on any atom is -0.322 e. The number of carbonyl (C=O) groups is 1. The van der Waals surface area contributed by atoms with Crippen LogP contribution < -0.4 is 5.32 Å². The lowest BCUT2D eigenvalue weighted by molar-refractivity contribution is 0.102. The van der Waals surface area contributed by atoms with E-state index in [0.717, 1.165) is 18.7 Å². The van der Waals surface area contributed by atoms with Crippen LogP contribution in [-0.2, 0) is 6.42 Å². The minimum atomic E-state index is -0.375. The summed E-state index contributed by atoms with van der Waals surface area (Å²) < 4.78 is 13.6. The number of nitrogens with one attached hydrogen (secondary N) is 1. The summed E-state index contributed by atoms with van der Waals surface area (Å²) in [5, 5.41) is 2.85. The molecule has 1 amide bonds. The second-order valence-corrected chi connectivity index (χ2v) is 8.06. The van der Waals surface area contributed by atoms with Crippen molar-refractivity contribution in [2.75, 3.05) is 36.5 Å². The van der Waals surface area contributed by atoms with Crippen molar-refractivity contribution in [1.29, 1.82) is 0 Å². The van der Waals surface area contributed by atoms with E-state index in [1.165, 1.54) is 48.4 Å². The number of thioether (sulfide) groups is 1. The van der Waals surface area contributed by atoms with E-state index in [1.807, 2.05) is 36.0 Å². The zero-order valence-electron chi connectivity index (χ0n) is 13.8. The number of benzene rings is 2. The van der Waals surface area contributed by atoms with Gasteiger partial charge in [-0.1, -0.05) is 12.1 Å². The average molecular weight is 423 g/mol. The maximum atomic E-state index is 13.1. The number of rotatable bonds is 5. The van der Waals surface area contributed by atoms with Gasteiger partial charge >= 0.3 is 0 Å². The van der Waals surface area contributed by atoms with E-state index in [-0.39, 0.29) is 11.7 Å². The van der Waals surface area contributed by atoms with Crippen LogP contribution in [0.25, 0.3) is 0 Å². The zero-order valence-corrected chi connectivity index (χ0v) is 16.2. The molecule has 0 aliphatic carbocycles. The fourth-order valence-corrected chi connectivity index (χ4v) is 4.25. The van der Waals surface area contributed by atoms with Crippen LogP contribution in [0.2, 0.25) is 0 Å². The molecule has 0 atom stereocenters. The molecule has 0 spiro atoms. The van der Waals surface area contributed by atoms with Crippen molar-refractivity contribution in [2.45, 2.75) is 6.42 Å². The summed E-state index contributed by atoms with van der Waals surface area (Å²) in [6, 6.07) is 12.0. The molecule has 0 saturated carbocycles. The predicted octanol–water partition coefficient (Wildman–Crippen LogP) is 4.43. The van der Waals surface area contributed by atoms with Crippen molar-refractivity contribution >= 4 is 39.3 Å². The van der Waals surface area contributed by atoms with Gasteiger partial charge in [-0.3, -0.25) is 4.79 Å². The largest absolute Gasteiger partial charge is 0.322 e. The van der Waals surface area contributed by atoms with Gasteiger partial charge in [-0.25, -0.2) is 4.39 Å². The highest BCUT2D eigenvalue weighted by Gasteiger charge is 2.12. The van der Waals surface area contributed by atoms with Gasteiger partial charge in [0, 0.05) is 41.3 Å². The molecule has 25 heavy (non-hydrogen) atoms. The Balaban J connectivity index is 1.55. The molecule has 0 radical (unpaired) electrons. The summed E-state index contributed by atoms with van der Waals surface area (Å²) in [5.74, 6) is 1.82. The van der Waals surface area contributed by atoms with E-state index in [0.29, 0.717) is 10.0 Å². The van der Waals surface area contributed by atoms with Gasteiger partial charge < -0.3 is 10.2 Å². The number of hydrogen-bond acceptors (Lipinski definition) is 3. The molecular weight excluding hydrogens is 403 g/mol. The third kappa shape index (κ3) is 5.30. The quantitative estimate of drug-likeness (QED) is 0.772. The summed E-state index contributed by atoms with van der Waals surface area (Å²) >= 11 is 5.25. The normalized spacial score (nSPS) is 15.1. The topological polar surface area (TPSA) is 32.3 Å². The Morgan fingerprint density at radius 1 is 1.16 bits per heavy atom. The van der Waals surface area contributed by atoms with Gasteiger partial charge in [-0.2, -0.15) is 11.8 Å². The Kier molecular flexibility index (Phi) is 6.51. The van der Waals surface area contributed by atoms with E-state index in [1.54, 1.807) is 0 Å². The van der Waals surface area contributed by atoms with Gasteiger partial charge in [0.2, 0.25) is 0 Å². The number of anilines is 1. The highest BCUT2D eigenvalue weighted by Crippen LogP contribution is 2.20. The standard InChI is InChI=1S/C19H20BrFN2OS/c20-18-13-15(21)3-6-17(18)19(24)22-16-4-1-14(2-5-16)7-8-23-9-11-25-12-10-23/h1-6,13H,7-12H2,(H,22,24). The first-order chi connectivity index (χ1) is 12.1. The van der Waals surface area contributed by atoms with Crippen LogP contribution in [0.4, 0.5) is 10.1 Å². The molecule has 3 rings (SSSR count). The summed E-state index contributed by atoms with van der Waals surface area (Å²) in [6.45, 7) is 3.42. The third-order valence-electron chi connectivity index (χ3n) is 4.21. The molecule has 1 heterocycles. The number of halogens is 2. The molecule has 1 aliphatic heterocycles. The number of amides is 1. The average Bonchev–Trinajstić information content (AvgIpc) is 2.62. The molecule has 132 valence electrons. The van der Waals surface area contributed by atoms with Crippen LogP contribution in [0.1, 0.15) is 15.9 Å². The molecule has 6 heteroatoms. The monoisotopic (exact) mass is 422 g/mol. The van der Waals surface area contributed by atoms with E-state index >= 15 is 0 Å². The first-order valence-electron chi connectivity index (χ1n) is 8.27. The maximum absolute atomic E-state index is 13.1. The first-order valence-corrected chi connectivity index (χ1v) is 10.2. The molecule has 2 aromatic rings. The molecule has 0 aromatic heterocycles. The Labute approximate surface area is 160 Å². The van der Waals surface area contributed by atoms with Crippen molar-refractivity contribution in [3.63, 3.8) is 0 Å². The fourth-order valence-electron chi connectivity index (χ4n) is 2.74. The summed E-state index contributed by atoms with van der Waals surface area (Å²) in [4.78, 5) is 14.8. The van der Waals surface area contributed by atoms with Gasteiger partial charge in [0.25, 0.3) is 5.91 Å². The second kappa shape index (κ2) is 8.83. The van der Waals surface area contributed by atoms with Crippen molar-refractivity contribution < 1.29 is 9.18 Å². The summed E-state index contributed by atoms with van der Waals surface area (Å²) in [5.41, 5.74) is 2.41. The third-order valence-corrected chi connectivity index (χ3v) is 5.81. The van der Waals surface area contributed by atoms with E-state index < -0.39 is 0 Å². The Morgan fingerprint density at radius 3 is 2.56 bits per heavy atom. The number of nitrogens with zero attached hydrogens (tertiary/aromatic N) is 1. The predicted molar refractivity (Wildman–Crippen MR) is 106 cm³/mol. The van der Waals surface area contributed by atoms with Crippen molar-refractivity contribution in [1.82, 2.24) is 4.90 Å². The molecule has 1 N–H and O–H groups in total. The summed E-state index contributed by atoms with van der Waals surface area (Å²) in [7, 11) is 0. The van der Waals surface area contributed by atoms with Crippen LogP contribution in [0.5, 0.6) is 0 Å². The molecule has 3 nitrogen and oxygen atoms in total. The van der Waals surface area contributed by atoms with Gasteiger partial charge in [0.05, 0.1) is 5.56 Å². The van der Waals surface area contributed by atoms with E-state index in [4.69, 9.17) is 0 Å². The lowest BCUT2D eigenvalue weighted by Gasteiger charge is -2.26. The maximum Gasteiger partial charge on any atom is 0.256 e. The molecule has 2 aromatic carbocycles. The van der Waals surface area contributed by atoms with Crippen LogP contribution in [0, 0.1) is 5.82 Å². The summed E-state index contributed by atoms with van der Waals surface area (Å²) in [6.07, 6.45) is 1.02. The first kappa shape index (κ1) is 18.4. The lowest BCUT2D eigenvalue weighted by Crippen LogP contribution is -2.34. The minimum absolute atomic E-state index is 0.259. The zero-order chi connectivity index (χ0) is 17.6. The van der Waals surface area contributed by atoms with Crippen LogP contribution >= 0.6 is 27.7 Å².